The molecule has 0 spiro atoms. The maximum absolute atomic E-state index is 12.8. The van der Waals surface area contributed by atoms with Gasteiger partial charge < -0.3 is 9.63 Å². The van der Waals surface area contributed by atoms with Gasteiger partial charge in [-0.05, 0) is 30.3 Å². The van der Waals surface area contributed by atoms with Gasteiger partial charge in [0.2, 0.25) is 5.88 Å². The predicted octanol–water partition coefficient (Wildman–Crippen LogP) is 3.71. The molecule has 0 bridgehead atoms. The van der Waals surface area contributed by atoms with Gasteiger partial charge in [-0.15, -0.1) is 0 Å². The van der Waals surface area contributed by atoms with E-state index in [4.69, 9.17) is 4.52 Å². The minimum Gasteiger partial charge on any atom is -0.477 e. The SMILES string of the molecule is O=C(Nc1onc(-c2ccncc2)c1C(=O)O)c1cccc(C(F)(F)F)c1. The number of nitrogens with one attached hydrogen (secondary N) is 1. The first-order valence-corrected chi connectivity index (χ1v) is 7.39. The third kappa shape index (κ3) is 3.78. The number of benzene rings is 1. The van der Waals surface area contributed by atoms with Crippen LogP contribution in [0.3, 0.4) is 0 Å². The number of rotatable bonds is 4. The minimum atomic E-state index is -4.62. The van der Waals surface area contributed by atoms with E-state index in [2.05, 4.69) is 15.5 Å². The number of carboxylic acid groups (broad SMARTS) is 1. The molecule has 2 aromatic heterocycles. The minimum absolute atomic E-state index is 0.0516. The molecule has 0 radical (unpaired) electrons. The Morgan fingerprint density at radius 2 is 1.81 bits per heavy atom. The quantitative estimate of drug-likeness (QED) is 0.718. The van der Waals surface area contributed by atoms with E-state index < -0.39 is 35.1 Å². The van der Waals surface area contributed by atoms with Crippen molar-refractivity contribution in [3.05, 3.63) is 65.5 Å². The second kappa shape index (κ2) is 6.90. The van der Waals surface area contributed by atoms with Crippen LogP contribution in [0.1, 0.15) is 26.3 Å². The van der Waals surface area contributed by atoms with Gasteiger partial charge in [0.25, 0.3) is 5.91 Å². The first-order valence-electron chi connectivity index (χ1n) is 7.39. The molecule has 0 saturated heterocycles. The zero-order valence-corrected chi connectivity index (χ0v) is 13.3. The van der Waals surface area contributed by atoms with Gasteiger partial charge in [-0.25, -0.2) is 4.79 Å². The van der Waals surface area contributed by atoms with Crippen molar-refractivity contribution in [2.45, 2.75) is 6.18 Å². The number of anilines is 1. The highest BCUT2D eigenvalue weighted by atomic mass is 19.4. The van der Waals surface area contributed by atoms with E-state index in [1.807, 2.05) is 0 Å². The number of halogens is 3. The van der Waals surface area contributed by atoms with E-state index in [1.165, 1.54) is 24.5 Å². The van der Waals surface area contributed by atoms with Crippen LogP contribution in [0.2, 0.25) is 0 Å². The van der Waals surface area contributed by atoms with E-state index in [-0.39, 0.29) is 11.3 Å². The van der Waals surface area contributed by atoms with Crippen LogP contribution >= 0.6 is 0 Å². The molecular weight excluding hydrogens is 367 g/mol. The molecule has 0 atom stereocenters. The van der Waals surface area contributed by atoms with Crippen molar-refractivity contribution in [1.82, 2.24) is 10.1 Å². The summed E-state index contributed by atoms with van der Waals surface area (Å²) in [5.74, 6) is -2.89. The Hall–Kier alpha value is -3.69. The highest BCUT2D eigenvalue weighted by Gasteiger charge is 2.31. The standard InChI is InChI=1S/C17H10F3N3O4/c18-17(19,20)11-3-1-2-10(8-11)14(24)22-15-12(16(25)26)13(23-27-15)9-4-6-21-7-5-9/h1-8H,(H,22,24)(H,25,26). The third-order valence-corrected chi connectivity index (χ3v) is 3.54. The normalized spacial score (nSPS) is 11.2. The zero-order valence-electron chi connectivity index (χ0n) is 13.3. The van der Waals surface area contributed by atoms with Crippen molar-refractivity contribution in [3.8, 4) is 11.3 Å². The maximum Gasteiger partial charge on any atom is 0.416 e. The molecule has 0 aliphatic heterocycles. The summed E-state index contributed by atoms with van der Waals surface area (Å²) in [6.45, 7) is 0. The number of aromatic carboxylic acids is 1. The first-order chi connectivity index (χ1) is 12.8. The van der Waals surface area contributed by atoms with Gasteiger partial charge in [-0.3, -0.25) is 15.1 Å². The number of carbonyl (C=O) groups is 2. The van der Waals surface area contributed by atoms with Gasteiger partial charge in [0.05, 0.1) is 5.56 Å². The van der Waals surface area contributed by atoms with Crippen LogP contribution in [-0.2, 0) is 6.18 Å². The summed E-state index contributed by atoms with van der Waals surface area (Å²) in [7, 11) is 0. The van der Waals surface area contributed by atoms with Gasteiger partial charge in [0, 0.05) is 23.5 Å². The Morgan fingerprint density at radius 3 is 2.44 bits per heavy atom. The molecular formula is C17H10F3N3O4. The van der Waals surface area contributed by atoms with Gasteiger partial charge in [0.15, 0.2) is 5.56 Å². The third-order valence-electron chi connectivity index (χ3n) is 3.54. The Bertz CT molecular complexity index is 1000. The fourth-order valence-electron chi connectivity index (χ4n) is 2.29. The lowest BCUT2D eigenvalue weighted by atomic mass is 10.1. The van der Waals surface area contributed by atoms with Crippen LogP contribution in [0, 0.1) is 0 Å². The van der Waals surface area contributed by atoms with Crippen molar-refractivity contribution in [1.29, 1.82) is 0 Å². The second-order valence-electron chi connectivity index (χ2n) is 5.31. The summed E-state index contributed by atoms with van der Waals surface area (Å²) in [5, 5.41) is 15.2. The largest absolute Gasteiger partial charge is 0.477 e. The average Bonchev–Trinajstić information content (AvgIpc) is 3.05. The van der Waals surface area contributed by atoms with E-state index in [1.54, 1.807) is 0 Å². The van der Waals surface area contributed by atoms with Gasteiger partial charge in [0.1, 0.15) is 5.69 Å². The molecule has 7 nitrogen and oxygen atoms in total. The Morgan fingerprint density at radius 1 is 1.11 bits per heavy atom. The molecule has 0 unspecified atom stereocenters. The van der Waals surface area contributed by atoms with Gasteiger partial charge in [-0.1, -0.05) is 11.2 Å². The van der Waals surface area contributed by atoms with E-state index in [0.29, 0.717) is 11.6 Å². The summed E-state index contributed by atoms with van der Waals surface area (Å²) in [6, 6.07) is 6.67. The lowest BCUT2D eigenvalue weighted by molar-refractivity contribution is -0.137. The Kier molecular flexibility index (Phi) is 4.63. The smallest absolute Gasteiger partial charge is 0.416 e. The molecule has 1 amide bonds. The van der Waals surface area contributed by atoms with Crippen LogP contribution in [0.15, 0.2) is 53.3 Å². The lowest BCUT2D eigenvalue weighted by Gasteiger charge is -2.08. The lowest BCUT2D eigenvalue weighted by Crippen LogP contribution is -2.15. The molecule has 0 saturated carbocycles. The van der Waals surface area contributed by atoms with Crippen molar-refractivity contribution in [3.63, 3.8) is 0 Å². The predicted molar refractivity (Wildman–Crippen MR) is 86.1 cm³/mol. The topological polar surface area (TPSA) is 105 Å². The number of carboxylic acids is 1. The van der Waals surface area contributed by atoms with Crippen molar-refractivity contribution < 1.29 is 32.4 Å². The van der Waals surface area contributed by atoms with Crippen molar-refractivity contribution >= 4 is 17.8 Å². The Balaban J connectivity index is 1.94. The Labute approximate surface area is 149 Å². The summed E-state index contributed by atoms with van der Waals surface area (Å²) < 4.78 is 43.2. The van der Waals surface area contributed by atoms with E-state index in [9.17, 15) is 27.9 Å². The van der Waals surface area contributed by atoms with Crippen molar-refractivity contribution in [2.75, 3.05) is 5.32 Å². The molecule has 0 fully saturated rings. The summed E-state index contributed by atoms with van der Waals surface area (Å²) in [6.07, 6.45) is -1.80. The highest BCUT2D eigenvalue weighted by molar-refractivity contribution is 6.08. The molecule has 3 rings (SSSR count). The fraction of sp³-hybridized carbons (Fsp3) is 0.0588. The number of carbonyl (C=O) groups excluding carboxylic acids is 1. The number of nitrogens with zero attached hydrogens (tertiary/aromatic N) is 2. The number of aromatic nitrogens is 2. The molecule has 10 heteroatoms. The maximum atomic E-state index is 12.8. The molecule has 0 aliphatic rings. The van der Waals surface area contributed by atoms with Crippen LogP contribution in [-0.4, -0.2) is 27.1 Å². The zero-order chi connectivity index (χ0) is 19.6. The first kappa shape index (κ1) is 18.1. The molecule has 1 aromatic carbocycles. The van der Waals surface area contributed by atoms with E-state index in [0.717, 1.165) is 18.2 Å². The number of hydrogen-bond donors (Lipinski definition) is 2. The summed E-state index contributed by atoms with van der Waals surface area (Å²) >= 11 is 0. The number of pyridine rings is 1. The highest BCUT2D eigenvalue weighted by Crippen LogP contribution is 2.31. The second-order valence-corrected chi connectivity index (χ2v) is 5.31. The van der Waals surface area contributed by atoms with Crippen LogP contribution in [0.5, 0.6) is 0 Å². The van der Waals surface area contributed by atoms with Crippen LogP contribution in [0.4, 0.5) is 19.1 Å². The molecule has 2 N–H and O–H groups in total. The number of alkyl halides is 3. The molecule has 2 heterocycles. The molecule has 27 heavy (non-hydrogen) atoms. The van der Waals surface area contributed by atoms with E-state index >= 15 is 0 Å². The number of amides is 1. The van der Waals surface area contributed by atoms with Crippen LogP contribution in [0.25, 0.3) is 11.3 Å². The summed E-state index contributed by atoms with van der Waals surface area (Å²) in [4.78, 5) is 27.6. The summed E-state index contributed by atoms with van der Waals surface area (Å²) in [5.41, 5.74) is -1.43. The number of hydrogen-bond acceptors (Lipinski definition) is 5. The molecule has 3 aromatic rings. The average molecular weight is 377 g/mol. The van der Waals surface area contributed by atoms with Gasteiger partial charge in [-0.2, -0.15) is 13.2 Å². The molecule has 138 valence electrons. The van der Waals surface area contributed by atoms with Crippen molar-refractivity contribution in [2.24, 2.45) is 0 Å². The molecule has 0 aliphatic carbocycles. The monoisotopic (exact) mass is 377 g/mol. The van der Waals surface area contributed by atoms with Crippen LogP contribution < -0.4 is 5.32 Å². The van der Waals surface area contributed by atoms with Gasteiger partial charge >= 0.3 is 12.1 Å². The fourth-order valence-corrected chi connectivity index (χ4v) is 2.29.